The molecule has 28 heavy (non-hydrogen) atoms. The van der Waals surface area contributed by atoms with E-state index in [2.05, 4.69) is 15.6 Å². The van der Waals surface area contributed by atoms with Crippen molar-refractivity contribution in [1.82, 2.24) is 4.98 Å². The van der Waals surface area contributed by atoms with Gasteiger partial charge in [0.05, 0.1) is 24.2 Å². The number of benzene rings is 1. The van der Waals surface area contributed by atoms with Crippen LogP contribution in [0.3, 0.4) is 0 Å². The number of hydrogen-bond donors (Lipinski definition) is 2. The normalized spacial score (nSPS) is 10.9. The molecule has 150 valence electrons. The number of thioether (sulfide) groups is 1. The number of nitrogens with one attached hydrogen (secondary N) is 2. The Morgan fingerprint density at radius 2 is 1.93 bits per heavy atom. The number of anilines is 2. The number of hydrogen-bond acceptors (Lipinski definition) is 6. The van der Waals surface area contributed by atoms with Crippen molar-refractivity contribution in [3.05, 3.63) is 48.3 Å². The quantitative estimate of drug-likeness (QED) is 0.716. The first-order valence-corrected chi connectivity index (χ1v) is 9.88. The van der Waals surface area contributed by atoms with Crippen molar-refractivity contribution >= 4 is 35.1 Å². The second kappa shape index (κ2) is 9.98. The molecule has 2 aromatic rings. The lowest BCUT2D eigenvalue weighted by molar-refractivity contribution is -0.113. The zero-order valence-corrected chi connectivity index (χ0v) is 17.3. The van der Waals surface area contributed by atoms with Gasteiger partial charge in [-0.05, 0) is 51.1 Å². The topological polar surface area (TPSA) is 89.5 Å². The molecule has 2 N–H and O–H groups in total. The summed E-state index contributed by atoms with van der Waals surface area (Å²) in [5.41, 5.74) is 1.27. The molecular formula is C20H25N3O4S. The Balaban J connectivity index is 1.93. The highest BCUT2D eigenvalue weighted by Crippen LogP contribution is 2.28. The monoisotopic (exact) mass is 403 g/mol. The third-order valence-corrected chi connectivity index (χ3v) is 4.29. The van der Waals surface area contributed by atoms with Gasteiger partial charge >= 0.3 is 6.09 Å². The Kier molecular flexibility index (Phi) is 7.69. The summed E-state index contributed by atoms with van der Waals surface area (Å²) in [6, 6.07) is 10.7. The van der Waals surface area contributed by atoms with Crippen LogP contribution in [0.1, 0.15) is 26.5 Å². The van der Waals surface area contributed by atoms with Crippen LogP contribution in [0.5, 0.6) is 5.75 Å². The smallest absolute Gasteiger partial charge is 0.412 e. The minimum Gasteiger partial charge on any atom is -0.495 e. The van der Waals surface area contributed by atoms with Crippen molar-refractivity contribution in [1.29, 1.82) is 0 Å². The Bertz CT molecular complexity index is 807. The number of nitrogens with zero attached hydrogens (tertiary/aromatic N) is 1. The summed E-state index contributed by atoms with van der Waals surface area (Å²) in [5, 5.41) is 5.46. The molecule has 1 aromatic carbocycles. The van der Waals surface area contributed by atoms with Gasteiger partial charge in [-0.1, -0.05) is 6.07 Å². The maximum absolute atomic E-state index is 12.2. The molecule has 0 unspecified atom stereocenters. The minimum atomic E-state index is -0.617. The summed E-state index contributed by atoms with van der Waals surface area (Å²) < 4.78 is 10.5. The molecule has 0 bridgehead atoms. The van der Waals surface area contributed by atoms with Gasteiger partial charge in [-0.3, -0.25) is 15.1 Å². The van der Waals surface area contributed by atoms with Crippen LogP contribution in [0.2, 0.25) is 0 Å². The van der Waals surface area contributed by atoms with Crippen LogP contribution in [-0.2, 0) is 15.3 Å². The van der Waals surface area contributed by atoms with Gasteiger partial charge in [-0.2, -0.15) is 0 Å². The summed E-state index contributed by atoms with van der Waals surface area (Å²) in [7, 11) is 1.50. The van der Waals surface area contributed by atoms with Gasteiger partial charge in [0.15, 0.2) is 0 Å². The van der Waals surface area contributed by atoms with Crippen molar-refractivity contribution in [3.63, 3.8) is 0 Å². The Hall–Kier alpha value is -2.74. The van der Waals surface area contributed by atoms with Crippen molar-refractivity contribution in [2.75, 3.05) is 23.5 Å². The molecule has 0 radical (unpaired) electrons. The van der Waals surface area contributed by atoms with E-state index in [0.29, 0.717) is 22.9 Å². The fourth-order valence-electron chi connectivity index (χ4n) is 2.23. The molecule has 2 rings (SSSR count). The van der Waals surface area contributed by atoms with Crippen molar-refractivity contribution < 1.29 is 19.1 Å². The van der Waals surface area contributed by atoms with Crippen molar-refractivity contribution in [2.24, 2.45) is 0 Å². The number of pyridine rings is 1. The molecule has 0 saturated carbocycles. The maximum atomic E-state index is 12.2. The van der Waals surface area contributed by atoms with Gasteiger partial charge < -0.3 is 14.8 Å². The van der Waals surface area contributed by atoms with E-state index < -0.39 is 11.7 Å². The van der Waals surface area contributed by atoms with Gasteiger partial charge in [0.1, 0.15) is 11.4 Å². The van der Waals surface area contributed by atoms with E-state index in [1.807, 2.05) is 18.2 Å². The highest BCUT2D eigenvalue weighted by molar-refractivity contribution is 7.99. The van der Waals surface area contributed by atoms with Gasteiger partial charge in [0.25, 0.3) is 0 Å². The largest absolute Gasteiger partial charge is 0.495 e. The molecule has 2 amide bonds. The maximum Gasteiger partial charge on any atom is 0.412 e. The van der Waals surface area contributed by atoms with Crippen molar-refractivity contribution in [3.8, 4) is 5.75 Å². The zero-order chi connectivity index (χ0) is 20.6. The van der Waals surface area contributed by atoms with E-state index >= 15 is 0 Å². The van der Waals surface area contributed by atoms with Crippen molar-refractivity contribution in [2.45, 2.75) is 32.1 Å². The average Bonchev–Trinajstić information content (AvgIpc) is 2.61. The molecule has 0 aliphatic heterocycles. The second-order valence-corrected chi connectivity index (χ2v) is 7.89. The Labute approximate surface area is 169 Å². The standard InChI is InChI=1S/C20H25N3O4S/c1-20(2,3)27-19(25)23-16-11-14(8-9-17(16)26-4)22-18(24)13-28-12-15-7-5-6-10-21-15/h5-11H,12-13H2,1-4H3,(H,22,24)(H,23,25). The van der Waals surface area contributed by atoms with Gasteiger partial charge in [-0.25, -0.2) is 4.79 Å². The number of carbonyl (C=O) groups is 2. The first kappa shape index (κ1) is 21.6. The van der Waals surface area contributed by atoms with E-state index in [1.54, 1.807) is 45.2 Å². The minimum absolute atomic E-state index is 0.144. The van der Waals surface area contributed by atoms with Crippen LogP contribution in [0.25, 0.3) is 0 Å². The fourth-order valence-corrected chi connectivity index (χ4v) is 2.97. The highest BCUT2D eigenvalue weighted by Gasteiger charge is 2.18. The Morgan fingerprint density at radius 3 is 2.57 bits per heavy atom. The van der Waals surface area contributed by atoms with Crippen LogP contribution in [0, 0.1) is 0 Å². The predicted molar refractivity (Wildman–Crippen MR) is 112 cm³/mol. The van der Waals surface area contributed by atoms with Crippen LogP contribution >= 0.6 is 11.8 Å². The third kappa shape index (κ3) is 7.48. The average molecular weight is 404 g/mol. The molecule has 0 fully saturated rings. The van der Waals surface area contributed by atoms with E-state index in [0.717, 1.165) is 5.69 Å². The van der Waals surface area contributed by atoms with E-state index in [4.69, 9.17) is 9.47 Å². The van der Waals surface area contributed by atoms with Gasteiger partial charge in [-0.15, -0.1) is 11.8 Å². The summed E-state index contributed by atoms with van der Waals surface area (Å²) in [6.07, 6.45) is 1.13. The first-order valence-electron chi connectivity index (χ1n) is 8.72. The molecular weight excluding hydrogens is 378 g/mol. The van der Waals surface area contributed by atoms with Crippen LogP contribution in [0.4, 0.5) is 16.2 Å². The predicted octanol–water partition coefficient (Wildman–Crippen LogP) is 4.31. The van der Waals surface area contributed by atoms with Crippen LogP contribution in [-0.4, -0.2) is 35.4 Å². The summed E-state index contributed by atoms with van der Waals surface area (Å²) in [4.78, 5) is 28.4. The Morgan fingerprint density at radius 1 is 1.14 bits per heavy atom. The lowest BCUT2D eigenvalue weighted by Crippen LogP contribution is -2.27. The number of amides is 2. The van der Waals surface area contributed by atoms with Crippen LogP contribution < -0.4 is 15.4 Å². The van der Waals surface area contributed by atoms with Gasteiger partial charge in [0.2, 0.25) is 5.91 Å². The molecule has 7 nitrogen and oxygen atoms in total. The molecule has 1 aromatic heterocycles. The summed E-state index contributed by atoms with van der Waals surface area (Å²) >= 11 is 1.47. The van der Waals surface area contributed by atoms with Gasteiger partial charge in [0, 0.05) is 17.6 Å². The fraction of sp³-hybridized carbons (Fsp3) is 0.350. The SMILES string of the molecule is COc1ccc(NC(=O)CSCc2ccccn2)cc1NC(=O)OC(C)(C)C. The summed E-state index contributed by atoms with van der Waals surface area (Å²) in [6.45, 7) is 5.34. The van der Waals surface area contributed by atoms with Crippen LogP contribution in [0.15, 0.2) is 42.6 Å². The zero-order valence-electron chi connectivity index (χ0n) is 16.4. The molecule has 0 aliphatic rings. The molecule has 0 atom stereocenters. The van der Waals surface area contributed by atoms with E-state index in [-0.39, 0.29) is 11.7 Å². The third-order valence-electron chi connectivity index (χ3n) is 3.33. The number of methoxy groups -OCH3 is 1. The van der Waals surface area contributed by atoms with E-state index in [9.17, 15) is 9.59 Å². The molecule has 0 saturated heterocycles. The highest BCUT2D eigenvalue weighted by atomic mass is 32.2. The molecule has 0 aliphatic carbocycles. The number of rotatable bonds is 7. The summed E-state index contributed by atoms with van der Waals surface area (Å²) in [5.74, 6) is 1.27. The second-order valence-electron chi connectivity index (χ2n) is 6.90. The lowest BCUT2D eigenvalue weighted by atomic mass is 10.2. The number of carbonyl (C=O) groups excluding carboxylic acids is 2. The number of ether oxygens (including phenoxy) is 2. The molecule has 0 spiro atoms. The molecule has 8 heteroatoms. The number of aromatic nitrogens is 1. The first-order chi connectivity index (χ1) is 13.3. The molecule has 1 heterocycles. The van der Waals surface area contributed by atoms with E-state index in [1.165, 1.54) is 18.9 Å². The lowest BCUT2D eigenvalue weighted by Gasteiger charge is -2.20.